The first-order valence-corrected chi connectivity index (χ1v) is 33.8. The van der Waals surface area contributed by atoms with E-state index >= 15 is 0 Å². The Labute approximate surface area is 507 Å². The Bertz CT molecular complexity index is 2010. The smallest absolute Gasteiger partial charge is 0.462 e. The Morgan fingerprint density at radius 1 is 0.361 bits per heavy atom. The van der Waals surface area contributed by atoms with E-state index in [-0.39, 0.29) is 32.6 Å². The van der Waals surface area contributed by atoms with Crippen LogP contribution in [0.4, 0.5) is 0 Å². The van der Waals surface area contributed by atoms with E-state index in [1.165, 1.54) is 38.5 Å². The van der Waals surface area contributed by atoms with Crippen LogP contribution in [0.1, 0.15) is 232 Å². The van der Waals surface area contributed by atoms with Crippen LogP contribution < -0.4 is 5.73 Å². The van der Waals surface area contributed by atoms with Gasteiger partial charge in [0.25, 0.3) is 0 Å². The van der Waals surface area contributed by atoms with Crippen molar-refractivity contribution in [2.45, 2.75) is 238 Å². The summed E-state index contributed by atoms with van der Waals surface area (Å²) in [5, 5.41) is 0. The number of hydrogen-bond acceptors (Lipinski definition) is 8. The maximum Gasteiger partial charge on any atom is 0.472 e. The number of ether oxygens (including phenoxy) is 2. The molecule has 0 aromatic rings. The second-order valence-electron chi connectivity index (χ2n) is 20.5. The predicted octanol–water partition coefficient (Wildman–Crippen LogP) is 21.2. The molecule has 10 heteroatoms. The number of allylic oxidation sites excluding steroid dienone is 30. The maximum atomic E-state index is 12.7. The van der Waals surface area contributed by atoms with E-state index in [9.17, 15) is 19.0 Å². The molecule has 3 N–H and O–H groups in total. The third-order valence-electron chi connectivity index (χ3n) is 12.8. The topological polar surface area (TPSA) is 134 Å². The van der Waals surface area contributed by atoms with Gasteiger partial charge in [0.2, 0.25) is 0 Å². The fraction of sp³-hybridized carbons (Fsp3) is 0.562. The number of unbranched alkanes of at least 4 members (excludes halogenated alkanes) is 15. The Morgan fingerprint density at radius 2 is 0.627 bits per heavy atom. The number of hydrogen-bond donors (Lipinski definition) is 2. The van der Waals surface area contributed by atoms with E-state index in [2.05, 4.69) is 196 Å². The highest BCUT2D eigenvalue weighted by molar-refractivity contribution is 7.47. The molecular formula is C73H116NO8P. The number of carbonyl (C=O) groups excluding carboxylic acids is 2. The van der Waals surface area contributed by atoms with Gasteiger partial charge in [-0.05, 0) is 135 Å². The van der Waals surface area contributed by atoms with Crippen molar-refractivity contribution in [2.24, 2.45) is 5.73 Å². The van der Waals surface area contributed by atoms with Crippen molar-refractivity contribution in [2.75, 3.05) is 26.4 Å². The van der Waals surface area contributed by atoms with Crippen LogP contribution in [-0.4, -0.2) is 49.3 Å². The van der Waals surface area contributed by atoms with Crippen molar-refractivity contribution in [3.8, 4) is 0 Å². The molecule has 2 unspecified atom stereocenters. The van der Waals surface area contributed by atoms with Gasteiger partial charge in [0.1, 0.15) is 6.61 Å². The Balaban J connectivity index is 4.07. The summed E-state index contributed by atoms with van der Waals surface area (Å²) in [6, 6.07) is 0. The lowest BCUT2D eigenvalue weighted by molar-refractivity contribution is -0.161. The van der Waals surface area contributed by atoms with E-state index in [0.29, 0.717) is 12.8 Å². The second kappa shape index (κ2) is 66.3. The molecule has 0 aromatic carbocycles. The zero-order chi connectivity index (χ0) is 60.1. The van der Waals surface area contributed by atoms with E-state index in [0.717, 1.165) is 154 Å². The molecule has 0 aromatic heterocycles. The minimum absolute atomic E-state index is 0.0391. The highest BCUT2D eigenvalue weighted by Gasteiger charge is 2.26. The Morgan fingerprint density at radius 3 is 0.928 bits per heavy atom. The SMILES string of the molecule is CC/C=C\C/C=C\C/C=C\C/C=C\C/C=C\C/C=C\C/C=C\C/C=C\C/C=C\CCCCCCCC(=O)OC(COC(=O)CCCCCCCCCCCC/C=C\C/C=C\C/C=C\C/C=C\C/C=C\C/C=C\CC)COP(=O)(O)OCCN. The molecule has 0 aliphatic rings. The van der Waals surface area contributed by atoms with Gasteiger partial charge in [0.15, 0.2) is 6.10 Å². The summed E-state index contributed by atoms with van der Waals surface area (Å²) < 4.78 is 33.1. The average molecular weight is 1170 g/mol. The van der Waals surface area contributed by atoms with E-state index in [4.69, 9.17) is 24.3 Å². The van der Waals surface area contributed by atoms with Crippen LogP contribution in [0.25, 0.3) is 0 Å². The molecule has 0 fully saturated rings. The molecule has 9 nitrogen and oxygen atoms in total. The van der Waals surface area contributed by atoms with E-state index in [1.807, 2.05) is 0 Å². The number of esters is 2. The van der Waals surface area contributed by atoms with Crippen LogP contribution in [-0.2, 0) is 32.7 Å². The van der Waals surface area contributed by atoms with Gasteiger partial charge < -0.3 is 20.1 Å². The first-order valence-electron chi connectivity index (χ1n) is 32.3. The van der Waals surface area contributed by atoms with Crippen LogP contribution >= 0.6 is 7.82 Å². The summed E-state index contributed by atoms with van der Waals surface area (Å²) in [6.45, 7) is 3.47. The summed E-state index contributed by atoms with van der Waals surface area (Å²) in [6.07, 6.45) is 99.5. The molecule has 0 rings (SSSR count). The first-order chi connectivity index (χ1) is 40.8. The molecular weight excluding hydrogens is 1050 g/mol. The summed E-state index contributed by atoms with van der Waals surface area (Å²) in [5.74, 6) is -0.868. The Kier molecular flexibility index (Phi) is 62.3. The summed E-state index contributed by atoms with van der Waals surface area (Å²) in [7, 11) is -4.41. The van der Waals surface area contributed by atoms with Gasteiger partial charge in [0.05, 0.1) is 13.2 Å². The molecule has 0 aliphatic heterocycles. The lowest BCUT2D eigenvalue weighted by atomic mass is 10.1. The Hall–Kier alpha value is -4.89. The molecule has 0 spiro atoms. The molecule has 0 bridgehead atoms. The lowest BCUT2D eigenvalue weighted by Crippen LogP contribution is -2.29. The molecule has 0 heterocycles. The minimum Gasteiger partial charge on any atom is -0.462 e. The van der Waals surface area contributed by atoms with Crippen molar-refractivity contribution in [1.82, 2.24) is 0 Å². The quantitative estimate of drug-likeness (QED) is 0.0264. The van der Waals surface area contributed by atoms with Gasteiger partial charge in [-0.1, -0.05) is 267 Å². The van der Waals surface area contributed by atoms with Crippen LogP contribution in [0.15, 0.2) is 182 Å². The van der Waals surface area contributed by atoms with Gasteiger partial charge in [-0.25, -0.2) is 4.57 Å². The van der Waals surface area contributed by atoms with Gasteiger partial charge in [-0.2, -0.15) is 0 Å². The van der Waals surface area contributed by atoms with Crippen LogP contribution in [0, 0.1) is 0 Å². The predicted molar refractivity (Wildman–Crippen MR) is 357 cm³/mol. The monoisotopic (exact) mass is 1170 g/mol. The summed E-state index contributed by atoms with van der Waals surface area (Å²) in [5.41, 5.74) is 5.39. The third-order valence-corrected chi connectivity index (χ3v) is 13.8. The van der Waals surface area contributed by atoms with Crippen molar-refractivity contribution in [1.29, 1.82) is 0 Å². The summed E-state index contributed by atoms with van der Waals surface area (Å²) >= 11 is 0. The number of rotatable bonds is 58. The fourth-order valence-corrected chi connectivity index (χ4v) is 8.87. The van der Waals surface area contributed by atoms with Gasteiger partial charge in [-0.15, -0.1) is 0 Å². The van der Waals surface area contributed by atoms with Crippen LogP contribution in [0.3, 0.4) is 0 Å². The molecule has 466 valence electrons. The van der Waals surface area contributed by atoms with Crippen molar-refractivity contribution >= 4 is 19.8 Å². The number of phosphoric acid groups is 1. The molecule has 0 aliphatic carbocycles. The molecule has 2 atom stereocenters. The van der Waals surface area contributed by atoms with E-state index < -0.39 is 32.5 Å². The molecule has 0 amide bonds. The van der Waals surface area contributed by atoms with Gasteiger partial charge >= 0.3 is 19.8 Å². The highest BCUT2D eigenvalue weighted by Crippen LogP contribution is 2.43. The molecule has 0 radical (unpaired) electrons. The second-order valence-corrected chi connectivity index (χ2v) is 22.0. The van der Waals surface area contributed by atoms with Gasteiger partial charge in [0, 0.05) is 19.4 Å². The van der Waals surface area contributed by atoms with Crippen molar-refractivity contribution < 1.29 is 37.6 Å². The van der Waals surface area contributed by atoms with Crippen LogP contribution in [0.5, 0.6) is 0 Å². The third kappa shape index (κ3) is 66.1. The number of carbonyl (C=O) groups is 2. The number of nitrogens with two attached hydrogens (primary N) is 1. The molecule has 0 saturated carbocycles. The minimum atomic E-state index is -4.41. The van der Waals surface area contributed by atoms with E-state index in [1.54, 1.807) is 0 Å². The molecule has 83 heavy (non-hydrogen) atoms. The normalized spacial score (nSPS) is 14.2. The largest absolute Gasteiger partial charge is 0.472 e. The molecule has 0 saturated heterocycles. The standard InChI is InChI=1S/C73H116NO8P/c1-3-5-7-9-11-13-15-17-19-21-23-25-27-29-31-33-34-35-36-38-40-42-44-46-48-50-52-54-56-58-60-62-64-66-73(76)82-71(70-81-83(77,78)80-68-67-74)69-79-72(75)65-63-61-59-57-55-53-51-49-47-45-43-41-39-37-32-30-28-26-24-22-20-18-16-14-12-10-8-6-4-2/h5-8,11-14,17-20,23-26,29-32,34-35,38-41,44,46,50,52,71H,3-4,9-10,15-16,21-22,27-28,33,36-37,42-43,45,47-49,51,53-70,74H2,1-2H3,(H,77,78)/b7-5-,8-6-,13-11-,14-12-,19-17-,20-18-,25-23-,26-24-,31-29-,32-30-,35-34-,40-38-,41-39-,46-44-,52-50-. The number of phosphoric ester groups is 1. The zero-order valence-electron chi connectivity index (χ0n) is 52.1. The zero-order valence-corrected chi connectivity index (χ0v) is 53.0. The summed E-state index contributed by atoms with van der Waals surface area (Å²) in [4.78, 5) is 35.3. The maximum absolute atomic E-state index is 12.7. The van der Waals surface area contributed by atoms with Crippen molar-refractivity contribution in [3.63, 3.8) is 0 Å². The highest BCUT2D eigenvalue weighted by atomic mass is 31.2. The lowest BCUT2D eigenvalue weighted by Gasteiger charge is -2.19. The first kappa shape index (κ1) is 78.1. The van der Waals surface area contributed by atoms with Crippen molar-refractivity contribution in [3.05, 3.63) is 182 Å². The average Bonchev–Trinajstić information content (AvgIpc) is 3.49. The van der Waals surface area contributed by atoms with Gasteiger partial charge in [-0.3, -0.25) is 18.6 Å². The van der Waals surface area contributed by atoms with Crippen LogP contribution in [0.2, 0.25) is 0 Å². The fourth-order valence-electron chi connectivity index (χ4n) is 8.10.